The predicted octanol–water partition coefficient (Wildman–Crippen LogP) is 3.01. The standard InChI is InChI=1S/C14H21N/c1-3-13-14(2,9-10-15-13)11-12-7-5-4-6-8-12/h4-8,13,15H,3,9-11H2,1-2H3. The second kappa shape index (κ2) is 4.36. The maximum absolute atomic E-state index is 3.62. The molecule has 0 radical (unpaired) electrons. The van der Waals surface area contributed by atoms with Gasteiger partial charge in [0, 0.05) is 6.04 Å². The predicted molar refractivity (Wildman–Crippen MR) is 65.0 cm³/mol. The van der Waals surface area contributed by atoms with Gasteiger partial charge < -0.3 is 5.32 Å². The van der Waals surface area contributed by atoms with Crippen molar-refractivity contribution in [2.45, 2.75) is 39.2 Å². The Labute approximate surface area is 92.9 Å². The van der Waals surface area contributed by atoms with Gasteiger partial charge in [-0.2, -0.15) is 0 Å². The summed E-state index contributed by atoms with van der Waals surface area (Å²) in [5, 5.41) is 3.62. The summed E-state index contributed by atoms with van der Waals surface area (Å²) in [6.45, 7) is 5.89. The van der Waals surface area contributed by atoms with E-state index in [2.05, 4.69) is 49.5 Å². The van der Waals surface area contributed by atoms with Crippen molar-refractivity contribution in [3.05, 3.63) is 35.9 Å². The van der Waals surface area contributed by atoms with Crippen LogP contribution >= 0.6 is 0 Å². The Balaban J connectivity index is 2.10. The highest BCUT2D eigenvalue weighted by molar-refractivity contribution is 5.17. The van der Waals surface area contributed by atoms with Crippen LogP contribution in [0.2, 0.25) is 0 Å². The SMILES string of the molecule is CCC1NCCC1(C)Cc1ccccc1. The molecule has 0 amide bonds. The van der Waals surface area contributed by atoms with Crippen LogP contribution in [0, 0.1) is 5.41 Å². The maximum atomic E-state index is 3.62. The highest BCUT2D eigenvalue weighted by Gasteiger charge is 2.37. The largest absolute Gasteiger partial charge is 0.313 e. The fraction of sp³-hybridized carbons (Fsp3) is 0.571. The minimum absolute atomic E-state index is 0.454. The molecule has 82 valence electrons. The lowest BCUT2D eigenvalue weighted by molar-refractivity contribution is 0.271. The van der Waals surface area contributed by atoms with Crippen molar-refractivity contribution in [1.82, 2.24) is 5.32 Å². The van der Waals surface area contributed by atoms with Crippen molar-refractivity contribution in [3.63, 3.8) is 0 Å². The van der Waals surface area contributed by atoms with Gasteiger partial charge in [-0.15, -0.1) is 0 Å². The first kappa shape index (κ1) is 10.7. The van der Waals surface area contributed by atoms with Crippen molar-refractivity contribution < 1.29 is 0 Å². The van der Waals surface area contributed by atoms with Gasteiger partial charge in [0.25, 0.3) is 0 Å². The Bertz CT molecular complexity index is 306. The maximum Gasteiger partial charge on any atom is 0.0122 e. The van der Waals surface area contributed by atoms with E-state index >= 15 is 0 Å². The third-order valence-electron chi connectivity index (χ3n) is 3.79. The average Bonchev–Trinajstić information content (AvgIpc) is 2.60. The Kier molecular flexibility index (Phi) is 3.11. The molecule has 1 heterocycles. The van der Waals surface area contributed by atoms with Crippen LogP contribution in [0.3, 0.4) is 0 Å². The van der Waals surface area contributed by atoms with Crippen LogP contribution in [-0.4, -0.2) is 12.6 Å². The molecule has 1 aromatic rings. The van der Waals surface area contributed by atoms with Gasteiger partial charge in [0.2, 0.25) is 0 Å². The zero-order valence-corrected chi connectivity index (χ0v) is 9.79. The van der Waals surface area contributed by atoms with Crippen LogP contribution in [0.25, 0.3) is 0 Å². The van der Waals surface area contributed by atoms with Crippen LogP contribution in [0.5, 0.6) is 0 Å². The van der Waals surface area contributed by atoms with E-state index in [1.54, 1.807) is 0 Å². The third kappa shape index (κ3) is 2.23. The molecule has 1 aliphatic rings. The van der Waals surface area contributed by atoms with Crippen molar-refractivity contribution in [2.75, 3.05) is 6.54 Å². The first-order chi connectivity index (χ1) is 7.24. The summed E-state index contributed by atoms with van der Waals surface area (Å²) in [5.41, 5.74) is 1.93. The van der Waals surface area contributed by atoms with E-state index in [-0.39, 0.29) is 0 Å². The Hall–Kier alpha value is -0.820. The first-order valence-electron chi connectivity index (χ1n) is 6.02. The lowest BCUT2D eigenvalue weighted by Crippen LogP contribution is -2.35. The molecule has 0 aromatic heterocycles. The molecule has 2 rings (SSSR count). The summed E-state index contributed by atoms with van der Waals surface area (Å²) in [6, 6.07) is 11.6. The molecule has 0 aliphatic carbocycles. The zero-order chi connectivity index (χ0) is 10.7. The molecule has 1 heteroatoms. The van der Waals surface area contributed by atoms with Gasteiger partial charge in [0.15, 0.2) is 0 Å². The van der Waals surface area contributed by atoms with Gasteiger partial charge >= 0.3 is 0 Å². The molecule has 0 saturated carbocycles. The summed E-state index contributed by atoms with van der Waals surface area (Å²) >= 11 is 0. The normalized spacial score (nSPS) is 30.7. The average molecular weight is 203 g/mol. The quantitative estimate of drug-likeness (QED) is 0.796. The molecular formula is C14H21N. The summed E-state index contributed by atoms with van der Waals surface area (Å²) in [5.74, 6) is 0. The number of benzene rings is 1. The van der Waals surface area contributed by atoms with E-state index in [0.717, 1.165) is 0 Å². The van der Waals surface area contributed by atoms with Crippen molar-refractivity contribution in [1.29, 1.82) is 0 Å². The third-order valence-corrected chi connectivity index (χ3v) is 3.79. The summed E-state index contributed by atoms with van der Waals surface area (Å²) in [6.07, 6.45) is 3.75. The van der Waals surface area contributed by atoms with Gasteiger partial charge in [-0.3, -0.25) is 0 Å². The fourth-order valence-corrected chi connectivity index (χ4v) is 2.86. The summed E-state index contributed by atoms with van der Waals surface area (Å²) in [4.78, 5) is 0. The van der Waals surface area contributed by atoms with Crippen LogP contribution in [0.1, 0.15) is 32.3 Å². The first-order valence-corrected chi connectivity index (χ1v) is 6.02. The van der Waals surface area contributed by atoms with E-state index in [1.807, 2.05) is 0 Å². The minimum Gasteiger partial charge on any atom is -0.313 e. The Morgan fingerprint density at radius 3 is 2.73 bits per heavy atom. The van der Waals surface area contributed by atoms with Gasteiger partial charge in [-0.05, 0) is 36.8 Å². The fourth-order valence-electron chi connectivity index (χ4n) is 2.86. The van der Waals surface area contributed by atoms with Crippen LogP contribution in [0.4, 0.5) is 0 Å². The van der Waals surface area contributed by atoms with E-state index < -0.39 is 0 Å². The molecule has 2 atom stereocenters. The topological polar surface area (TPSA) is 12.0 Å². The molecule has 1 N–H and O–H groups in total. The summed E-state index contributed by atoms with van der Waals surface area (Å²) in [7, 11) is 0. The monoisotopic (exact) mass is 203 g/mol. The molecule has 0 spiro atoms. The lowest BCUT2D eigenvalue weighted by Gasteiger charge is -2.30. The van der Waals surface area contributed by atoms with Gasteiger partial charge in [0.05, 0.1) is 0 Å². The molecule has 1 aromatic carbocycles. The van der Waals surface area contributed by atoms with Crippen molar-refractivity contribution in [2.24, 2.45) is 5.41 Å². The van der Waals surface area contributed by atoms with Crippen LogP contribution < -0.4 is 5.32 Å². The van der Waals surface area contributed by atoms with E-state index in [1.165, 1.54) is 31.4 Å². The van der Waals surface area contributed by atoms with Crippen LogP contribution in [-0.2, 0) is 6.42 Å². The number of rotatable bonds is 3. The zero-order valence-electron chi connectivity index (χ0n) is 9.79. The Morgan fingerprint density at radius 2 is 2.07 bits per heavy atom. The molecule has 15 heavy (non-hydrogen) atoms. The van der Waals surface area contributed by atoms with Crippen molar-refractivity contribution >= 4 is 0 Å². The van der Waals surface area contributed by atoms with Crippen molar-refractivity contribution in [3.8, 4) is 0 Å². The second-order valence-corrected chi connectivity index (χ2v) is 4.98. The molecule has 1 aliphatic heterocycles. The van der Waals surface area contributed by atoms with Crippen LogP contribution in [0.15, 0.2) is 30.3 Å². The Morgan fingerprint density at radius 1 is 1.33 bits per heavy atom. The minimum atomic E-state index is 0.454. The van der Waals surface area contributed by atoms with Gasteiger partial charge in [-0.25, -0.2) is 0 Å². The second-order valence-electron chi connectivity index (χ2n) is 4.98. The lowest BCUT2D eigenvalue weighted by atomic mass is 9.76. The molecule has 1 saturated heterocycles. The van der Waals surface area contributed by atoms with Gasteiger partial charge in [-0.1, -0.05) is 44.2 Å². The molecule has 0 bridgehead atoms. The molecule has 1 fully saturated rings. The molecule has 2 unspecified atom stereocenters. The summed E-state index contributed by atoms with van der Waals surface area (Å²) < 4.78 is 0. The van der Waals surface area contributed by atoms with E-state index in [4.69, 9.17) is 0 Å². The highest BCUT2D eigenvalue weighted by Crippen LogP contribution is 2.35. The van der Waals surface area contributed by atoms with E-state index in [9.17, 15) is 0 Å². The van der Waals surface area contributed by atoms with E-state index in [0.29, 0.717) is 11.5 Å². The highest BCUT2D eigenvalue weighted by atomic mass is 15.0. The number of hydrogen-bond donors (Lipinski definition) is 1. The molecular weight excluding hydrogens is 182 g/mol. The van der Waals surface area contributed by atoms with Gasteiger partial charge in [0.1, 0.15) is 0 Å². The smallest absolute Gasteiger partial charge is 0.0122 e. The molecule has 1 nitrogen and oxygen atoms in total. The number of nitrogens with one attached hydrogen (secondary N) is 1. The number of hydrogen-bond acceptors (Lipinski definition) is 1.